The average Bonchev–Trinajstić information content (AvgIpc) is 2.65. The summed E-state index contributed by atoms with van der Waals surface area (Å²) in [5, 5.41) is 0. The van der Waals surface area contributed by atoms with Gasteiger partial charge in [-0.1, -0.05) is 0 Å². The minimum Gasteiger partial charge on any atom is -0.496 e. The number of hydrogen-bond donors (Lipinski definition) is 0. The van der Waals surface area contributed by atoms with E-state index < -0.39 is 0 Å². The molecule has 0 radical (unpaired) electrons. The zero-order chi connectivity index (χ0) is 18.7. The third-order valence-electron chi connectivity index (χ3n) is 5.23. The van der Waals surface area contributed by atoms with Gasteiger partial charge in [-0.3, -0.25) is 9.88 Å². The SMILES string of the molecule is COc1c(C)cnc(CN2CCCC(N(C)c3ncc(C)cn3)C2)c1C. The zero-order valence-electron chi connectivity index (χ0n) is 16.5. The van der Waals surface area contributed by atoms with Crippen LogP contribution in [-0.2, 0) is 6.54 Å². The van der Waals surface area contributed by atoms with E-state index in [1.807, 2.05) is 32.4 Å². The van der Waals surface area contributed by atoms with Crippen molar-refractivity contribution in [3.63, 3.8) is 0 Å². The molecular formula is C20H29N5O. The van der Waals surface area contributed by atoms with Gasteiger partial charge in [0.05, 0.1) is 12.8 Å². The number of hydrogen-bond acceptors (Lipinski definition) is 6. The average molecular weight is 355 g/mol. The molecule has 26 heavy (non-hydrogen) atoms. The van der Waals surface area contributed by atoms with E-state index >= 15 is 0 Å². The van der Waals surface area contributed by atoms with Gasteiger partial charge in [0.1, 0.15) is 5.75 Å². The lowest BCUT2D eigenvalue weighted by Gasteiger charge is -2.37. The smallest absolute Gasteiger partial charge is 0.225 e. The van der Waals surface area contributed by atoms with Crippen molar-refractivity contribution in [2.45, 2.75) is 46.2 Å². The maximum Gasteiger partial charge on any atom is 0.225 e. The Morgan fingerprint density at radius 3 is 2.58 bits per heavy atom. The summed E-state index contributed by atoms with van der Waals surface area (Å²) in [6.07, 6.45) is 8.00. The number of likely N-dealkylation sites (tertiary alicyclic amines) is 1. The number of aromatic nitrogens is 3. The second-order valence-electron chi connectivity index (χ2n) is 7.25. The van der Waals surface area contributed by atoms with E-state index in [4.69, 9.17) is 4.74 Å². The molecule has 3 heterocycles. The largest absolute Gasteiger partial charge is 0.496 e. The predicted molar refractivity (Wildman–Crippen MR) is 104 cm³/mol. The number of rotatable bonds is 5. The van der Waals surface area contributed by atoms with Crippen LogP contribution in [0.15, 0.2) is 18.6 Å². The van der Waals surface area contributed by atoms with E-state index in [9.17, 15) is 0 Å². The van der Waals surface area contributed by atoms with Crippen molar-refractivity contribution < 1.29 is 4.74 Å². The lowest BCUT2D eigenvalue weighted by atomic mass is 10.0. The number of anilines is 1. The topological polar surface area (TPSA) is 54.4 Å². The normalized spacial score (nSPS) is 18.0. The summed E-state index contributed by atoms with van der Waals surface area (Å²) in [5.41, 5.74) is 4.41. The molecule has 1 fully saturated rings. The van der Waals surface area contributed by atoms with Crippen LogP contribution in [0.25, 0.3) is 0 Å². The van der Waals surface area contributed by atoms with Crippen LogP contribution in [0.4, 0.5) is 5.95 Å². The minimum atomic E-state index is 0.416. The molecule has 2 aromatic heterocycles. The van der Waals surface area contributed by atoms with Gasteiger partial charge in [0.15, 0.2) is 0 Å². The van der Waals surface area contributed by atoms with Gasteiger partial charge in [0, 0.05) is 55.9 Å². The summed E-state index contributed by atoms with van der Waals surface area (Å²) in [6.45, 7) is 9.08. The van der Waals surface area contributed by atoms with Crippen LogP contribution < -0.4 is 9.64 Å². The second kappa shape index (κ2) is 7.99. The molecule has 1 atom stereocenters. The number of nitrogens with zero attached hydrogens (tertiary/aromatic N) is 5. The molecule has 3 rings (SSSR count). The summed E-state index contributed by atoms with van der Waals surface area (Å²) in [6, 6.07) is 0.416. The Bertz CT molecular complexity index is 747. The first-order valence-electron chi connectivity index (χ1n) is 9.22. The summed E-state index contributed by atoms with van der Waals surface area (Å²) >= 11 is 0. The summed E-state index contributed by atoms with van der Waals surface area (Å²) in [7, 11) is 3.82. The third-order valence-corrected chi connectivity index (χ3v) is 5.23. The number of ether oxygens (including phenoxy) is 1. The van der Waals surface area contributed by atoms with Crippen molar-refractivity contribution in [1.82, 2.24) is 19.9 Å². The van der Waals surface area contributed by atoms with Gasteiger partial charge in [0.2, 0.25) is 5.95 Å². The molecule has 0 aliphatic carbocycles. The van der Waals surface area contributed by atoms with E-state index in [1.54, 1.807) is 7.11 Å². The Balaban J connectivity index is 1.70. The molecule has 0 aromatic carbocycles. The molecule has 2 aromatic rings. The van der Waals surface area contributed by atoms with Gasteiger partial charge in [0.25, 0.3) is 0 Å². The Morgan fingerprint density at radius 2 is 1.88 bits per heavy atom. The van der Waals surface area contributed by atoms with Crippen molar-refractivity contribution in [2.24, 2.45) is 0 Å². The Kier molecular flexibility index (Phi) is 5.71. The minimum absolute atomic E-state index is 0.416. The second-order valence-corrected chi connectivity index (χ2v) is 7.25. The maximum absolute atomic E-state index is 5.55. The van der Waals surface area contributed by atoms with Crippen molar-refractivity contribution in [3.05, 3.63) is 41.0 Å². The van der Waals surface area contributed by atoms with Crippen LogP contribution in [0.5, 0.6) is 5.75 Å². The van der Waals surface area contributed by atoms with E-state index in [1.165, 1.54) is 6.42 Å². The molecule has 1 aliphatic heterocycles. The van der Waals surface area contributed by atoms with Gasteiger partial charge in [-0.05, 0) is 45.7 Å². The summed E-state index contributed by atoms with van der Waals surface area (Å²) in [5.74, 6) is 1.75. The fourth-order valence-corrected chi connectivity index (χ4v) is 3.66. The Labute approximate surface area is 156 Å². The highest BCUT2D eigenvalue weighted by molar-refractivity contribution is 5.41. The molecule has 6 nitrogen and oxygen atoms in total. The third kappa shape index (κ3) is 3.96. The predicted octanol–water partition coefficient (Wildman–Crippen LogP) is 2.91. The van der Waals surface area contributed by atoms with Crippen LogP contribution in [0, 0.1) is 20.8 Å². The number of methoxy groups -OCH3 is 1. The highest BCUT2D eigenvalue weighted by atomic mass is 16.5. The van der Waals surface area contributed by atoms with Gasteiger partial charge >= 0.3 is 0 Å². The van der Waals surface area contributed by atoms with Gasteiger partial charge in [-0.25, -0.2) is 9.97 Å². The van der Waals surface area contributed by atoms with Crippen molar-refractivity contribution in [2.75, 3.05) is 32.1 Å². The molecule has 6 heteroatoms. The standard InChI is InChI=1S/C20H29N5O/c1-14-9-22-20(23-10-14)24(4)17-7-6-8-25(12-17)13-18-16(3)19(26-5)15(2)11-21-18/h9-11,17H,6-8,12-13H2,1-5H3. The van der Waals surface area contributed by atoms with Crippen LogP contribution in [0.2, 0.25) is 0 Å². The first-order chi connectivity index (χ1) is 12.5. The van der Waals surface area contributed by atoms with Crippen molar-refractivity contribution in [3.8, 4) is 5.75 Å². The van der Waals surface area contributed by atoms with E-state index in [0.29, 0.717) is 6.04 Å². The highest BCUT2D eigenvalue weighted by Gasteiger charge is 2.25. The molecule has 0 N–H and O–H groups in total. The Hall–Kier alpha value is -2.21. The van der Waals surface area contributed by atoms with Crippen LogP contribution in [0.3, 0.4) is 0 Å². The summed E-state index contributed by atoms with van der Waals surface area (Å²) in [4.78, 5) is 18.3. The van der Waals surface area contributed by atoms with Crippen molar-refractivity contribution in [1.29, 1.82) is 0 Å². The van der Waals surface area contributed by atoms with E-state index in [0.717, 1.165) is 60.1 Å². The maximum atomic E-state index is 5.55. The first kappa shape index (κ1) is 18.6. The molecule has 1 aliphatic rings. The molecule has 140 valence electrons. The number of piperidine rings is 1. The molecule has 1 unspecified atom stereocenters. The van der Waals surface area contributed by atoms with Gasteiger partial charge in [-0.2, -0.15) is 0 Å². The lowest BCUT2D eigenvalue weighted by molar-refractivity contribution is 0.195. The highest BCUT2D eigenvalue weighted by Crippen LogP contribution is 2.26. The van der Waals surface area contributed by atoms with Gasteiger partial charge < -0.3 is 9.64 Å². The Morgan fingerprint density at radius 1 is 1.15 bits per heavy atom. The summed E-state index contributed by atoms with van der Waals surface area (Å²) < 4.78 is 5.55. The number of aryl methyl sites for hydroxylation is 2. The van der Waals surface area contributed by atoms with Crippen LogP contribution in [-0.4, -0.2) is 53.1 Å². The molecular weight excluding hydrogens is 326 g/mol. The molecule has 0 saturated carbocycles. The van der Waals surface area contributed by atoms with E-state index in [2.05, 4.69) is 38.7 Å². The fourth-order valence-electron chi connectivity index (χ4n) is 3.66. The molecule has 0 amide bonds. The lowest BCUT2D eigenvalue weighted by Crippen LogP contribution is -2.46. The number of pyridine rings is 1. The van der Waals surface area contributed by atoms with E-state index in [-0.39, 0.29) is 0 Å². The monoisotopic (exact) mass is 355 g/mol. The fraction of sp³-hybridized carbons (Fsp3) is 0.550. The zero-order valence-corrected chi connectivity index (χ0v) is 16.5. The van der Waals surface area contributed by atoms with Crippen LogP contribution >= 0.6 is 0 Å². The molecule has 0 spiro atoms. The number of likely N-dealkylation sites (N-methyl/N-ethyl adjacent to an activating group) is 1. The van der Waals surface area contributed by atoms with Crippen molar-refractivity contribution >= 4 is 5.95 Å². The first-order valence-corrected chi connectivity index (χ1v) is 9.22. The van der Waals surface area contributed by atoms with Crippen LogP contribution in [0.1, 0.15) is 35.2 Å². The van der Waals surface area contributed by atoms with Gasteiger partial charge in [-0.15, -0.1) is 0 Å². The molecule has 1 saturated heterocycles. The quantitative estimate of drug-likeness (QED) is 0.822. The molecule has 0 bridgehead atoms.